The highest BCUT2D eigenvalue weighted by molar-refractivity contribution is 5.92. The van der Waals surface area contributed by atoms with E-state index in [0.717, 1.165) is 16.5 Å². The number of nitrogens with zero attached hydrogens (tertiary/aromatic N) is 3. The maximum Gasteiger partial charge on any atom is 0.327 e. The summed E-state index contributed by atoms with van der Waals surface area (Å²) >= 11 is 0. The number of halogens is 1. The molecule has 4 heterocycles. The molecule has 1 fully saturated rings. The second-order valence-electron chi connectivity index (χ2n) is 10.0. The van der Waals surface area contributed by atoms with Gasteiger partial charge in [0.2, 0.25) is 11.8 Å². The molecule has 0 aliphatic carbocycles. The van der Waals surface area contributed by atoms with E-state index in [2.05, 4.69) is 20.3 Å². The Hall–Kier alpha value is -3.63. The van der Waals surface area contributed by atoms with Gasteiger partial charge in [-0.2, -0.15) is 0 Å². The molecular formula is C26H32ClN7O3. The number of fused-ring (bicyclic) bond motifs is 2. The summed E-state index contributed by atoms with van der Waals surface area (Å²) in [7, 11) is 0. The molecule has 4 aromatic rings. The molecule has 1 aromatic carbocycles. The molecule has 3 aromatic heterocycles. The van der Waals surface area contributed by atoms with Crippen molar-refractivity contribution in [3.8, 4) is 0 Å². The average molecular weight is 526 g/mol. The molecule has 0 spiro atoms. The van der Waals surface area contributed by atoms with E-state index in [0.29, 0.717) is 43.5 Å². The fraction of sp³-hybridized carbons (Fsp3) is 0.385. The van der Waals surface area contributed by atoms with E-state index in [4.69, 9.17) is 5.73 Å². The van der Waals surface area contributed by atoms with E-state index < -0.39 is 11.6 Å². The van der Waals surface area contributed by atoms with Gasteiger partial charge >= 0.3 is 5.69 Å². The lowest BCUT2D eigenvalue weighted by molar-refractivity contribution is -0.138. The molecule has 0 bridgehead atoms. The summed E-state index contributed by atoms with van der Waals surface area (Å²) < 4.78 is 1.69. The van der Waals surface area contributed by atoms with Gasteiger partial charge in [-0.25, -0.2) is 9.78 Å². The molecule has 1 aliphatic heterocycles. The van der Waals surface area contributed by atoms with Crippen molar-refractivity contribution in [2.24, 2.45) is 5.73 Å². The highest BCUT2D eigenvalue weighted by atomic mass is 35.5. The number of benzene rings is 1. The number of aromatic amines is 2. The van der Waals surface area contributed by atoms with Crippen molar-refractivity contribution in [1.29, 1.82) is 0 Å². The maximum atomic E-state index is 13.7. The van der Waals surface area contributed by atoms with Crippen molar-refractivity contribution in [1.82, 2.24) is 29.7 Å². The van der Waals surface area contributed by atoms with Crippen LogP contribution in [-0.4, -0.2) is 60.9 Å². The largest absolute Gasteiger partial charge is 0.361 e. The number of rotatable bonds is 6. The zero-order chi connectivity index (χ0) is 25.4. The van der Waals surface area contributed by atoms with Crippen LogP contribution >= 0.6 is 12.4 Å². The molecule has 5 rings (SSSR count). The number of pyridine rings is 1. The number of hydrogen-bond donors (Lipinski definition) is 4. The van der Waals surface area contributed by atoms with Crippen molar-refractivity contribution in [3.63, 3.8) is 0 Å². The maximum absolute atomic E-state index is 13.7. The number of amides is 2. The number of likely N-dealkylation sites (tertiary alicyclic amines) is 1. The van der Waals surface area contributed by atoms with Crippen molar-refractivity contribution in [3.05, 3.63) is 64.8 Å². The Balaban J connectivity index is 0.00000320. The summed E-state index contributed by atoms with van der Waals surface area (Å²) in [6.07, 6.45) is 5.13. The molecule has 37 heavy (non-hydrogen) atoms. The van der Waals surface area contributed by atoms with Gasteiger partial charge in [0, 0.05) is 48.8 Å². The Labute approximate surface area is 220 Å². The number of H-pyrrole nitrogens is 2. The van der Waals surface area contributed by atoms with Gasteiger partial charge in [0.05, 0.1) is 11.1 Å². The van der Waals surface area contributed by atoms with Crippen molar-refractivity contribution in [2.45, 2.75) is 50.7 Å². The van der Waals surface area contributed by atoms with E-state index >= 15 is 0 Å². The summed E-state index contributed by atoms with van der Waals surface area (Å²) in [5.41, 5.74) is 7.96. The van der Waals surface area contributed by atoms with Gasteiger partial charge in [-0.1, -0.05) is 18.2 Å². The summed E-state index contributed by atoms with van der Waals surface area (Å²) in [5, 5.41) is 3.91. The van der Waals surface area contributed by atoms with Crippen LogP contribution in [0.15, 0.2) is 53.6 Å². The predicted octanol–water partition coefficient (Wildman–Crippen LogP) is 2.26. The fourth-order valence-electron chi connectivity index (χ4n) is 4.93. The molecule has 1 aliphatic rings. The van der Waals surface area contributed by atoms with E-state index in [1.165, 1.54) is 0 Å². The Morgan fingerprint density at radius 2 is 1.86 bits per heavy atom. The van der Waals surface area contributed by atoms with Crippen LogP contribution in [-0.2, 0) is 16.0 Å². The number of nitrogens with two attached hydrogens (primary N) is 1. The first-order chi connectivity index (χ1) is 17.2. The zero-order valence-electron chi connectivity index (χ0n) is 20.9. The smallest absolute Gasteiger partial charge is 0.327 e. The van der Waals surface area contributed by atoms with E-state index in [9.17, 15) is 14.4 Å². The van der Waals surface area contributed by atoms with Crippen LogP contribution in [0, 0.1) is 0 Å². The summed E-state index contributed by atoms with van der Waals surface area (Å²) in [6, 6.07) is 10.7. The first kappa shape index (κ1) is 26.4. The second kappa shape index (κ2) is 10.4. The number of para-hydroxylation sites is 1. The van der Waals surface area contributed by atoms with Gasteiger partial charge in [0.25, 0.3) is 0 Å². The summed E-state index contributed by atoms with van der Waals surface area (Å²) in [6.45, 7) is 4.19. The van der Waals surface area contributed by atoms with Crippen LogP contribution in [0.4, 0.5) is 0 Å². The van der Waals surface area contributed by atoms with Gasteiger partial charge < -0.3 is 25.9 Å². The predicted molar refractivity (Wildman–Crippen MR) is 145 cm³/mol. The number of nitrogens with one attached hydrogen (secondary N) is 3. The Morgan fingerprint density at radius 1 is 1.16 bits per heavy atom. The number of piperidine rings is 1. The summed E-state index contributed by atoms with van der Waals surface area (Å²) in [4.78, 5) is 51.2. The third kappa shape index (κ3) is 5.26. The highest BCUT2D eigenvalue weighted by Gasteiger charge is 2.33. The van der Waals surface area contributed by atoms with Gasteiger partial charge in [0.1, 0.15) is 6.04 Å². The van der Waals surface area contributed by atoms with Crippen LogP contribution < -0.4 is 16.7 Å². The van der Waals surface area contributed by atoms with Gasteiger partial charge in [0.15, 0.2) is 5.65 Å². The molecule has 2 amide bonds. The Kier molecular flexibility index (Phi) is 7.42. The van der Waals surface area contributed by atoms with Crippen molar-refractivity contribution in [2.75, 3.05) is 13.1 Å². The molecule has 196 valence electrons. The standard InChI is InChI=1S/C26H31N7O3.ClH/c1-26(2,27)24(35)30-21(14-16-15-29-19-7-4-3-6-18(16)19)23(34)32-12-9-17(10-13-32)33-22-20(31-25(33)36)8-5-11-28-22;/h3-8,11,15,17,21,29H,9-10,12-14,27H2,1-2H3,(H,30,35)(H,31,36);1H. The lowest BCUT2D eigenvalue weighted by Gasteiger charge is -2.35. The summed E-state index contributed by atoms with van der Waals surface area (Å²) in [5.74, 6) is -0.535. The number of imidazole rings is 1. The average Bonchev–Trinajstić information content (AvgIpc) is 3.42. The van der Waals surface area contributed by atoms with Crippen molar-refractivity contribution >= 4 is 46.3 Å². The van der Waals surface area contributed by atoms with Crippen molar-refractivity contribution < 1.29 is 9.59 Å². The van der Waals surface area contributed by atoms with Crippen LogP contribution in [0.3, 0.4) is 0 Å². The molecule has 1 saturated heterocycles. The van der Waals surface area contributed by atoms with E-state index in [1.54, 1.807) is 35.6 Å². The van der Waals surface area contributed by atoms with Crippen LogP contribution in [0.25, 0.3) is 22.1 Å². The topological polar surface area (TPSA) is 142 Å². The molecule has 0 saturated carbocycles. The minimum Gasteiger partial charge on any atom is -0.361 e. The molecule has 11 heteroatoms. The third-order valence-electron chi connectivity index (χ3n) is 6.90. The molecule has 1 unspecified atom stereocenters. The minimum atomic E-state index is -1.12. The lowest BCUT2D eigenvalue weighted by Crippen LogP contribution is -2.57. The van der Waals surface area contributed by atoms with E-state index in [-0.39, 0.29) is 36.0 Å². The van der Waals surface area contributed by atoms with Gasteiger partial charge in [-0.05, 0) is 50.5 Å². The SMILES string of the molecule is CC(C)(N)C(=O)NC(Cc1c[nH]c2ccccc12)C(=O)N1CCC(n2c(=O)[nH]c3cccnc32)CC1.Cl. The normalized spacial score (nSPS) is 15.5. The molecular weight excluding hydrogens is 494 g/mol. The molecule has 1 atom stereocenters. The molecule has 5 N–H and O–H groups in total. The number of hydrogen-bond acceptors (Lipinski definition) is 5. The Bertz CT molecular complexity index is 1470. The van der Waals surface area contributed by atoms with Crippen LogP contribution in [0.1, 0.15) is 38.3 Å². The quantitative estimate of drug-likeness (QED) is 0.305. The second-order valence-corrected chi connectivity index (χ2v) is 10.0. The lowest BCUT2D eigenvalue weighted by atomic mass is 9.99. The number of aromatic nitrogens is 4. The first-order valence-electron chi connectivity index (χ1n) is 12.2. The third-order valence-corrected chi connectivity index (χ3v) is 6.90. The van der Waals surface area contributed by atoms with Gasteiger partial charge in [-0.15, -0.1) is 12.4 Å². The Morgan fingerprint density at radius 3 is 2.59 bits per heavy atom. The number of carbonyl (C=O) groups is 2. The number of carbonyl (C=O) groups excluding carboxylic acids is 2. The van der Waals surface area contributed by atoms with Gasteiger partial charge in [-0.3, -0.25) is 14.2 Å². The zero-order valence-corrected chi connectivity index (χ0v) is 21.7. The van der Waals surface area contributed by atoms with Crippen LogP contribution in [0.2, 0.25) is 0 Å². The monoisotopic (exact) mass is 525 g/mol. The molecule has 0 radical (unpaired) electrons. The highest BCUT2D eigenvalue weighted by Crippen LogP contribution is 2.25. The molecule has 10 nitrogen and oxygen atoms in total. The first-order valence-corrected chi connectivity index (χ1v) is 12.2. The van der Waals surface area contributed by atoms with E-state index in [1.807, 2.05) is 36.5 Å². The fourth-order valence-corrected chi connectivity index (χ4v) is 4.93. The minimum absolute atomic E-state index is 0. The van der Waals surface area contributed by atoms with Crippen LogP contribution in [0.5, 0.6) is 0 Å².